The maximum atomic E-state index is 12.8. The molecule has 10 nitrogen and oxygen atoms in total. The normalized spacial score (nSPS) is 14.0. The highest BCUT2D eigenvalue weighted by Gasteiger charge is 2.35. The Morgan fingerprint density at radius 2 is 1.79 bits per heavy atom. The minimum absolute atomic E-state index is 0.00863. The van der Waals surface area contributed by atoms with Crippen molar-refractivity contribution in [2.75, 3.05) is 11.9 Å². The number of nitrogens with zero attached hydrogens (tertiary/aromatic N) is 2. The quantitative estimate of drug-likeness (QED) is 0.107. The van der Waals surface area contributed by atoms with Crippen LogP contribution in [0.25, 0.3) is 6.08 Å². The van der Waals surface area contributed by atoms with Crippen molar-refractivity contribution in [3.8, 4) is 5.75 Å². The second-order valence-corrected chi connectivity index (χ2v) is 10.6. The fraction of sp³-hybridized carbons (Fsp3) is 0.115. The van der Waals surface area contributed by atoms with Crippen LogP contribution in [0.1, 0.15) is 16.7 Å². The van der Waals surface area contributed by atoms with E-state index in [0.717, 1.165) is 23.2 Å². The molecular formula is C26H20I2N4O6. The van der Waals surface area contributed by atoms with Gasteiger partial charge in [0.15, 0.2) is 0 Å². The number of halogens is 2. The first kappa shape index (κ1) is 27.5. The molecule has 0 radical (unpaired) electrons. The van der Waals surface area contributed by atoms with Gasteiger partial charge in [-0.15, -0.1) is 0 Å². The van der Waals surface area contributed by atoms with E-state index in [1.165, 1.54) is 12.1 Å². The molecule has 194 valence electrons. The molecule has 4 amide bonds. The predicted molar refractivity (Wildman–Crippen MR) is 157 cm³/mol. The molecule has 0 bridgehead atoms. The number of nitro benzene ring substituents is 1. The summed E-state index contributed by atoms with van der Waals surface area (Å²) < 4.78 is 7.48. The van der Waals surface area contributed by atoms with Gasteiger partial charge in [0.25, 0.3) is 11.6 Å². The third-order valence-electron chi connectivity index (χ3n) is 5.43. The van der Waals surface area contributed by atoms with Gasteiger partial charge in [0, 0.05) is 17.8 Å². The largest absolute Gasteiger partial charge is 0.487 e. The molecule has 3 aromatic rings. The molecule has 1 fully saturated rings. The van der Waals surface area contributed by atoms with Crippen LogP contribution < -0.4 is 15.4 Å². The lowest BCUT2D eigenvalue weighted by Crippen LogP contribution is -2.38. The smallest absolute Gasteiger partial charge is 0.329 e. The molecule has 0 atom stereocenters. The second-order valence-electron chi connectivity index (χ2n) is 8.32. The van der Waals surface area contributed by atoms with Crippen LogP contribution in [0.15, 0.2) is 66.4 Å². The zero-order valence-corrected chi connectivity index (χ0v) is 24.2. The Kier molecular flexibility index (Phi) is 8.61. The highest BCUT2D eigenvalue weighted by Crippen LogP contribution is 2.31. The van der Waals surface area contributed by atoms with Gasteiger partial charge >= 0.3 is 6.03 Å². The van der Waals surface area contributed by atoms with Crippen LogP contribution in [0.5, 0.6) is 5.75 Å². The summed E-state index contributed by atoms with van der Waals surface area (Å²) in [7, 11) is 0. The first-order chi connectivity index (χ1) is 18.1. The monoisotopic (exact) mass is 738 g/mol. The van der Waals surface area contributed by atoms with Crippen LogP contribution in [0.2, 0.25) is 0 Å². The molecule has 1 aliphatic heterocycles. The number of benzene rings is 3. The molecule has 1 heterocycles. The number of amides is 4. The van der Waals surface area contributed by atoms with E-state index in [0.29, 0.717) is 17.0 Å². The molecule has 0 spiro atoms. The lowest BCUT2D eigenvalue weighted by atomic mass is 10.2. The number of nitro groups is 1. The van der Waals surface area contributed by atoms with Gasteiger partial charge in [0.2, 0.25) is 5.91 Å². The van der Waals surface area contributed by atoms with Gasteiger partial charge in [0.05, 0.1) is 12.1 Å². The number of urea groups is 1. The van der Waals surface area contributed by atoms with Crippen molar-refractivity contribution in [1.29, 1.82) is 0 Å². The number of carbonyl (C=O) groups is 3. The lowest BCUT2D eigenvalue weighted by Gasteiger charge is -2.12. The molecule has 0 saturated carbocycles. The second kappa shape index (κ2) is 11.9. The molecule has 0 unspecified atom stereocenters. The zero-order valence-electron chi connectivity index (χ0n) is 19.9. The van der Waals surface area contributed by atoms with Crippen molar-refractivity contribution in [3.63, 3.8) is 0 Å². The summed E-state index contributed by atoms with van der Waals surface area (Å²) in [4.78, 5) is 48.9. The summed E-state index contributed by atoms with van der Waals surface area (Å²) >= 11 is 4.23. The molecule has 1 aliphatic rings. The molecule has 1 saturated heterocycles. The van der Waals surface area contributed by atoms with E-state index in [-0.39, 0.29) is 18.0 Å². The Morgan fingerprint density at radius 1 is 1.11 bits per heavy atom. The van der Waals surface area contributed by atoms with Crippen LogP contribution in [-0.4, -0.2) is 34.2 Å². The predicted octanol–water partition coefficient (Wildman–Crippen LogP) is 5.22. The molecule has 2 N–H and O–H groups in total. The summed E-state index contributed by atoms with van der Waals surface area (Å²) in [5, 5.41) is 16.0. The van der Waals surface area contributed by atoms with Crippen LogP contribution in [0, 0.1) is 24.2 Å². The van der Waals surface area contributed by atoms with Crippen LogP contribution in [0.3, 0.4) is 0 Å². The van der Waals surface area contributed by atoms with Crippen molar-refractivity contribution in [2.45, 2.75) is 13.5 Å². The zero-order chi connectivity index (χ0) is 27.4. The first-order valence-corrected chi connectivity index (χ1v) is 13.3. The Labute approximate surface area is 244 Å². The number of hydrogen-bond acceptors (Lipinski definition) is 6. The lowest BCUT2D eigenvalue weighted by molar-refractivity contribution is -0.384. The summed E-state index contributed by atoms with van der Waals surface area (Å²) in [6.07, 6.45) is 1.54. The Balaban J connectivity index is 1.42. The molecule has 0 aromatic heterocycles. The summed E-state index contributed by atoms with van der Waals surface area (Å²) in [6.45, 7) is 1.70. The van der Waals surface area contributed by atoms with Gasteiger partial charge < -0.3 is 15.4 Å². The average molecular weight is 738 g/mol. The van der Waals surface area contributed by atoms with E-state index in [2.05, 4.69) is 55.8 Å². The first-order valence-electron chi connectivity index (χ1n) is 11.2. The molecule has 3 aromatic carbocycles. The number of non-ortho nitro benzene ring substituents is 1. The van der Waals surface area contributed by atoms with Crippen molar-refractivity contribution in [2.24, 2.45) is 0 Å². The minimum atomic E-state index is -0.673. The van der Waals surface area contributed by atoms with Gasteiger partial charge in [-0.2, -0.15) is 0 Å². The Morgan fingerprint density at radius 3 is 2.42 bits per heavy atom. The van der Waals surface area contributed by atoms with E-state index >= 15 is 0 Å². The van der Waals surface area contributed by atoms with E-state index in [4.69, 9.17) is 4.74 Å². The fourth-order valence-electron chi connectivity index (χ4n) is 3.62. The van der Waals surface area contributed by atoms with E-state index in [1.807, 2.05) is 13.0 Å². The van der Waals surface area contributed by atoms with Gasteiger partial charge in [-0.3, -0.25) is 19.7 Å². The fourth-order valence-corrected chi connectivity index (χ4v) is 5.75. The number of nitrogens with one attached hydrogen (secondary N) is 2. The molecule has 0 aliphatic carbocycles. The third-order valence-corrected chi connectivity index (χ3v) is 7.03. The van der Waals surface area contributed by atoms with Gasteiger partial charge in [0.1, 0.15) is 24.6 Å². The van der Waals surface area contributed by atoms with Crippen molar-refractivity contribution < 1.29 is 24.0 Å². The van der Waals surface area contributed by atoms with E-state index in [9.17, 15) is 24.5 Å². The number of anilines is 1. The summed E-state index contributed by atoms with van der Waals surface area (Å²) in [5.41, 5.74) is 3.06. The SMILES string of the molecule is Cc1cccc(NC(=O)CN2C(=O)N/C(=C/c3cc(I)c(OCc4ccc([N+](=O)[O-])cc4)c(I)c3)C2=O)c1. The topological polar surface area (TPSA) is 131 Å². The van der Waals surface area contributed by atoms with E-state index in [1.54, 1.807) is 48.5 Å². The number of hydrogen-bond donors (Lipinski definition) is 2. The molecule has 38 heavy (non-hydrogen) atoms. The van der Waals surface area contributed by atoms with E-state index < -0.39 is 29.3 Å². The summed E-state index contributed by atoms with van der Waals surface area (Å²) in [5.74, 6) is -0.459. The molecule has 4 rings (SSSR count). The maximum absolute atomic E-state index is 12.8. The Hall–Kier alpha value is -3.53. The number of imide groups is 1. The standard InChI is InChI=1S/C26H20I2N4O6/c1-15-3-2-4-18(9-15)29-23(33)13-31-25(34)22(30-26(31)35)12-17-10-20(27)24(21(28)11-17)38-14-16-5-7-19(8-6-16)32(36)37/h2-12H,13-14H2,1H3,(H,29,33)(H,30,35)/b22-12+. The Bertz CT molecular complexity index is 1450. The minimum Gasteiger partial charge on any atom is -0.487 e. The van der Waals surface area contributed by atoms with Crippen molar-refractivity contribution in [1.82, 2.24) is 10.2 Å². The van der Waals surface area contributed by atoms with Crippen LogP contribution in [0.4, 0.5) is 16.2 Å². The van der Waals surface area contributed by atoms with Gasteiger partial charge in [-0.05, 0) is 111 Å². The van der Waals surface area contributed by atoms with Crippen molar-refractivity contribution >= 4 is 80.5 Å². The number of carbonyl (C=O) groups excluding carboxylic acids is 3. The highest BCUT2D eigenvalue weighted by atomic mass is 127. The average Bonchev–Trinajstić information content (AvgIpc) is 3.11. The molecule has 12 heteroatoms. The maximum Gasteiger partial charge on any atom is 0.329 e. The highest BCUT2D eigenvalue weighted by molar-refractivity contribution is 14.1. The summed E-state index contributed by atoms with van der Waals surface area (Å²) in [6, 6.07) is 16.3. The molecular weight excluding hydrogens is 718 g/mol. The van der Waals surface area contributed by atoms with Gasteiger partial charge in [-0.25, -0.2) is 9.69 Å². The van der Waals surface area contributed by atoms with Crippen molar-refractivity contribution in [3.05, 3.63) is 100 Å². The number of aryl methyl sites for hydroxylation is 1. The third kappa shape index (κ3) is 6.66. The van der Waals surface area contributed by atoms with Crippen LogP contribution >= 0.6 is 45.2 Å². The number of rotatable bonds is 8. The number of ether oxygens (including phenoxy) is 1. The van der Waals surface area contributed by atoms with Gasteiger partial charge in [-0.1, -0.05) is 12.1 Å². The van der Waals surface area contributed by atoms with Crippen LogP contribution in [-0.2, 0) is 16.2 Å².